The van der Waals surface area contributed by atoms with Crippen LogP contribution in [0, 0.1) is 0 Å². The first-order valence-electron chi connectivity index (χ1n) is 7.38. The molecule has 1 aromatic heterocycles. The SMILES string of the molecule is COc1cc(CNc2ncn[nH]2)ccc1OCc1ccccc1Cl. The van der Waals surface area contributed by atoms with Gasteiger partial charge in [-0.25, -0.2) is 10.1 Å². The molecule has 3 aromatic rings. The quantitative estimate of drug-likeness (QED) is 0.684. The number of aromatic amines is 1. The van der Waals surface area contributed by atoms with E-state index in [4.69, 9.17) is 21.1 Å². The van der Waals surface area contributed by atoms with Gasteiger partial charge in [0.1, 0.15) is 12.9 Å². The van der Waals surface area contributed by atoms with Crippen LogP contribution in [0.15, 0.2) is 48.8 Å². The Morgan fingerprint density at radius 3 is 2.79 bits per heavy atom. The minimum Gasteiger partial charge on any atom is -0.493 e. The Hall–Kier alpha value is -2.73. The largest absolute Gasteiger partial charge is 0.493 e. The third-order valence-electron chi connectivity index (χ3n) is 3.44. The van der Waals surface area contributed by atoms with Crippen LogP contribution in [0.3, 0.4) is 0 Å². The van der Waals surface area contributed by atoms with Gasteiger partial charge in [0, 0.05) is 17.1 Å². The van der Waals surface area contributed by atoms with E-state index in [9.17, 15) is 0 Å². The fourth-order valence-corrected chi connectivity index (χ4v) is 2.38. The molecular formula is C17H17ClN4O2. The molecule has 1 heterocycles. The molecule has 0 aliphatic carbocycles. The second-order valence-corrected chi connectivity index (χ2v) is 5.46. The number of benzene rings is 2. The third kappa shape index (κ3) is 3.97. The Balaban J connectivity index is 1.66. The number of methoxy groups -OCH3 is 1. The molecule has 0 aliphatic heterocycles. The third-order valence-corrected chi connectivity index (χ3v) is 3.81. The van der Waals surface area contributed by atoms with E-state index in [-0.39, 0.29) is 0 Å². The molecule has 0 amide bonds. The van der Waals surface area contributed by atoms with Gasteiger partial charge in [-0.2, -0.15) is 5.10 Å². The lowest BCUT2D eigenvalue weighted by atomic mass is 10.2. The predicted octanol–water partition coefficient (Wildman–Crippen LogP) is 3.66. The van der Waals surface area contributed by atoms with Crippen molar-refractivity contribution >= 4 is 17.5 Å². The Bertz CT molecular complexity index is 793. The lowest BCUT2D eigenvalue weighted by molar-refractivity contribution is 0.284. The number of nitrogens with one attached hydrogen (secondary N) is 2. The van der Waals surface area contributed by atoms with Crippen molar-refractivity contribution in [2.24, 2.45) is 0 Å². The number of halogens is 1. The molecule has 0 spiro atoms. The molecule has 7 heteroatoms. The zero-order chi connectivity index (χ0) is 16.8. The molecule has 0 radical (unpaired) electrons. The first kappa shape index (κ1) is 16.1. The van der Waals surface area contributed by atoms with Crippen LogP contribution in [0.5, 0.6) is 11.5 Å². The molecule has 0 fully saturated rings. The molecule has 2 aromatic carbocycles. The van der Waals surface area contributed by atoms with Crippen LogP contribution in [0.4, 0.5) is 5.95 Å². The number of H-pyrrole nitrogens is 1. The van der Waals surface area contributed by atoms with Gasteiger partial charge in [0.05, 0.1) is 7.11 Å². The normalized spacial score (nSPS) is 10.4. The van der Waals surface area contributed by atoms with Crippen LogP contribution in [0.25, 0.3) is 0 Å². The number of rotatable bonds is 7. The molecule has 0 atom stereocenters. The maximum Gasteiger partial charge on any atom is 0.218 e. The fourth-order valence-electron chi connectivity index (χ4n) is 2.19. The molecule has 3 rings (SSSR count). The van der Waals surface area contributed by atoms with Crippen LogP contribution >= 0.6 is 11.6 Å². The van der Waals surface area contributed by atoms with Gasteiger partial charge in [-0.05, 0) is 23.8 Å². The van der Waals surface area contributed by atoms with Crippen LogP contribution in [0.2, 0.25) is 5.02 Å². The van der Waals surface area contributed by atoms with Crippen molar-refractivity contribution in [3.8, 4) is 11.5 Å². The summed E-state index contributed by atoms with van der Waals surface area (Å²) in [6.07, 6.45) is 1.45. The number of anilines is 1. The highest BCUT2D eigenvalue weighted by Crippen LogP contribution is 2.29. The molecule has 124 valence electrons. The number of aromatic nitrogens is 3. The van der Waals surface area contributed by atoms with Crippen molar-refractivity contribution in [2.75, 3.05) is 12.4 Å². The summed E-state index contributed by atoms with van der Waals surface area (Å²) in [5, 5.41) is 10.4. The molecule has 2 N–H and O–H groups in total. The minimum atomic E-state index is 0.381. The van der Waals surface area contributed by atoms with Gasteiger partial charge in [0.15, 0.2) is 11.5 Å². The van der Waals surface area contributed by atoms with Crippen molar-refractivity contribution < 1.29 is 9.47 Å². The molecule has 0 unspecified atom stereocenters. The first-order valence-corrected chi connectivity index (χ1v) is 7.76. The average molecular weight is 345 g/mol. The van der Waals surface area contributed by atoms with Gasteiger partial charge in [0.2, 0.25) is 5.95 Å². The van der Waals surface area contributed by atoms with E-state index in [0.717, 1.165) is 11.1 Å². The highest BCUT2D eigenvalue weighted by molar-refractivity contribution is 6.31. The van der Waals surface area contributed by atoms with Crippen LogP contribution < -0.4 is 14.8 Å². The zero-order valence-electron chi connectivity index (χ0n) is 13.1. The fraction of sp³-hybridized carbons (Fsp3) is 0.176. The van der Waals surface area contributed by atoms with Crippen molar-refractivity contribution in [2.45, 2.75) is 13.2 Å². The summed E-state index contributed by atoms with van der Waals surface area (Å²) in [4.78, 5) is 4.02. The van der Waals surface area contributed by atoms with Gasteiger partial charge in [0.25, 0.3) is 0 Å². The van der Waals surface area contributed by atoms with E-state index < -0.39 is 0 Å². The molecular weight excluding hydrogens is 328 g/mol. The van der Waals surface area contributed by atoms with Crippen LogP contribution in [-0.2, 0) is 13.2 Å². The first-order chi connectivity index (χ1) is 11.8. The highest BCUT2D eigenvalue weighted by Gasteiger charge is 2.08. The minimum absolute atomic E-state index is 0.381. The van der Waals surface area contributed by atoms with E-state index in [1.807, 2.05) is 42.5 Å². The summed E-state index contributed by atoms with van der Waals surface area (Å²) in [5.41, 5.74) is 1.96. The molecule has 0 bridgehead atoms. The Morgan fingerprint density at radius 2 is 2.04 bits per heavy atom. The second kappa shape index (κ2) is 7.70. The number of hydrogen-bond acceptors (Lipinski definition) is 5. The van der Waals surface area contributed by atoms with Gasteiger partial charge in [-0.1, -0.05) is 35.9 Å². The smallest absolute Gasteiger partial charge is 0.218 e. The average Bonchev–Trinajstić information content (AvgIpc) is 3.13. The topological polar surface area (TPSA) is 72.1 Å². The highest BCUT2D eigenvalue weighted by atomic mass is 35.5. The van der Waals surface area contributed by atoms with E-state index in [0.29, 0.717) is 35.6 Å². The summed E-state index contributed by atoms with van der Waals surface area (Å²) in [6, 6.07) is 13.4. The van der Waals surface area contributed by atoms with Crippen LogP contribution in [0.1, 0.15) is 11.1 Å². The monoisotopic (exact) mass is 344 g/mol. The summed E-state index contributed by atoms with van der Waals surface area (Å²) in [7, 11) is 1.62. The second-order valence-electron chi connectivity index (χ2n) is 5.05. The lowest BCUT2D eigenvalue weighted by Gasteiger charge is -2.13. The maximum atomic E-state index is 6.15. The summed E-state index contributed by atoms with van der Waals surface area (Å²) >= 11 is 6.15. The van der Waals surface area contributed by atoms with Gasteiger partial charge < -0.3 is 14.8 Å². The molecule has 24 heavy (non-hydrogen) atoms. The van der Waals surface area contributed by atoms with E-state index in [1.165, 1.54) is 6.33 Å². The molecule has 0 saturated heterocycles. The maximum absolute atomic E-state index is 6.15. The number of nitrogens with zero attached hydrogens (tertiary/aromatic N) is 2. The van der Waals surface area contributed by atoms with Crippen LogP contribution in [-0.4, -0.2) is 22.3 Å². The van der Waals surface area contributed by atoms with Crippen molar-refractivity contribution in [3.63, 3.8) is 0 Å². The van der Waals surface area contributed by atoms with E-state index in [1.54, 1.807) is 7.11 Å². The van der Waals surface area contributed by atoms with Gasteiger partial charge in [-0.15, -0.1) is 0 Å². The summed E-state index contributed by atoms with van der Waals surface area (Å²) in [5.74, 6) is 1.95. The van der Waals surface area contributed by atoms with E-state index >= 15 is 0 Å². The van der Waals surface area contributed by atoms with Crippen molar-refractivity contribution in [1.82, 2.24) is 15.2 Å². The van der Waals surface area contributed by atoms with Gasteiger partial charge in [-0.3, -0.25) is 0 Å². The predicted molar refractivity (Wildman–Crippen MR) is 92.5 cm³/mol. The zero-order valence-corrected chi connectivity index (χ0v) is 13.9. The Kier molecular flexibility index (Phi) is 5.18. The standard InChI is InChI=1S/C17H17ClN4O2/c1-23-16-8-12(9-19-17-20-11-21-22-17)6-7-15(16)24-10-13-4-2-3-5-14(13)18/h2-8,11H,9-10H2,1H3,(H2,19,20,21,22). The molecule has 0 saturated carbocycles. The number of hydrogen-bond donors (Lipinski definition) is 2. The summed E-state index contributed by atoms with van der Waals surface area (Å²) in [6.45, 7) is 0.974. The van der Waals surface area contributed by atoms with Crippen molar-refractivity contribution in [1.29, 1.82) is 0 Å². The molecule has 6 nitrogen and oxygen atoms in total. The van der Waals surface area contributed by atoms with Crippen molar-refractivity contribution in [3.05, 3.63) is 64.9 Å². The Labute approximate surface area is 144 Å². The van der Waals surface area contributed by atoms with E-state index in [2.05, 4.69) is 20.5 Å². The Morgan fingerprint density at radius 1 is 1.17 bits per heavy atom. The lowest BCUT2D eigenvalue weighted by Crippen LogP contribution is -2.03. The van der Waals surface area contributed by atoms with Gasteiger partial charge >= 0.3 is 0 Å². The summed E-state index contributed by atoms with van der Waals surface area (Å²) < 4.78 is 11.3. The molecule has 0 aliphatic rings. The number of ether oxygens (including phenoxy) is 2.